The maximum Gasteiger partial charge on any atom is 0.400 e. The fourth-order valence-corrected chi connectivity index (χ4v) is 1.58. The molecule has 2 atom stereocenters. The number of halogens is 4. The molecule has 0 aromatic rings. The van der Waals surface area contributed by atoms with Crippen LogP contribution < -0.4 is 0 Å². The fourth-order valence-electron chi connectivity index (χ4n) is 1.46. The van der Waals surface area contributed by atoms with Crippen LogP contribution in [-0.2, 0) is 0 Å². The maximum atomic E-state index is 13.1. The standard InChI is InChI=1S/C14H18ClF3/c1-11(2)5-7-12(3,14(16,17)18)8-10-13(4,15)9-6-11/h5-10H,1-4H3/b7-5-,9-6-,10-8-. The number of allylic oxidation sites excluding steroid dienone is 6. The average Bonchev–Trinajstić information content (AvgIpc) is 2.23. The molecule has 0 bridgehead atoms. The van der Waals surface area contributed by atoms with Gasteiger partial charge in [-0.05, 0) is 13.8 Å². The summed E-state index contributed by atoms with van der Waals surface area (Å²) < 4.78 is 39.3. The van der Waals surface area contributed by atoms with Crippen LogP contribution in [0.3, 0.4) is 0 Å². The summed E-state index contributed by atoms with van der Waals surface area (Å²) >= 11 is 6.16. The quantitative estimate of drug-likeness (QED) is 0.419. The second-order valence-electron chi connectivity index (χ2n) is 5.75. The van der Waals surface area contributed by atoms with Crippen molar-refractivity contribution in [3.8, 4) is 0 Å². The van der Waals surface area contributed by atoms with Gasteiger partial charge in [0, 0.05) is 5.41 Å². The van der Waals surface area contributed by atoms with Crippen molar-refractivity contribution in [1.82, 2.24) is 0 Å². The molecule has 1 aliphatic carbocycles. The minimum absolute atomic E-state index is 0.464. The van der Waals surface area contributed by atoms with Crippen LogP contribution in [0.25, 0.3) is 0 Å². The first-order valence-corrected chi connectivity index (χ1v) is 6.12. The molecule has 0 aromatic heterocycles. The van der Waals surface area contributed by atoms with Crippen LogP contribution in [0.5, 0.6) is 0 Å². The Morgan fingerprint density at radius 2 is 1.17 bits per heavy atom. The smallest absolute Gasteiger partial charge is 0.170 e. The minimum Gasteiger partial charge on any atom is -0.170 e. The number of hydrogen-bond donors (Lipinski definition) is 0. The van der Waals surface area contributed by atoms with Crippen molar-refractivity contribution in [1.29, 1.82) is 0 Å². The number of alkyl halides is 4. The van der Waals surface area contributed by atoms with E-state index >= 15 is 0 Å². The van der Waals surface area contributed by atoms with Gasteiger partial charge in [0.2, 0.25) is 0 Å². The highest BCUT2D eigenvalue weighted by molar-refractivity contribution is 6.26. The number of rotatable bonds is 0. The minimum atomic E-state index is -4.34. The van der Waals surface area contributed by atoms with Crippen molar-refractivity contribution in [2.24, 2.45) is 10.8 Å². The molecule has 0 fully saturated rings. The van der Waals surface area contributed by atoms with E-state index in [0.29, 0.717) is 0 Å². The first-order chi connectivity index (χ1) is 7.87. The Morgan fingerprint density at radius 1 is 0.778 bits per heavy atom. The molecule has 0 radical (unpaired) electrons. The molecule has 0 heterocycles. The zero-order chi connectivity index (χ0) is 14.2. The van der Waals surface area contributed by atoms with Crippen LogP contribution in [0, 0.1) is 10.8 Å². The van der Waals surface area contributed by atoms with E-state index in [1.165, 1.54) is 12.2 Å². The van der Waals surface area contributed by atoms with Crippen molar-refractivity contribution in [3.05, 3.63) is 36.5 Å². The Bertz CT molecular complexity index is 370. The maximum absolute atomic E-state index is 13.1. The second-order valence-corrected chi connectivity index (χ2v) is 6.57. The Kier molecular flexibility index (Phi) is 3.79. The lowest BCUT2D eigenvalue weighted by molar-refractivity contribution is -0.183. The van der Waals surface area contributed by atoms with Gasteiger partial charge in [-0.2, -0.15) is 13.2 Å². The molecule has 0 aliphatic heterocycles. The van der Waals surface area contributed by atoms with E-state index in [1.54, 1.807) is 19.1 Å². The highest BCUT2D eigenvalue weighted by Gasteiger charge is 2.48. The van der Waals surface area contributed by atoms with Gasteiger partial charge in [0.05, 0.1) is 10.3 Å². The molecule has 1 rings (SSSR count). The predicted octanol–water partition coefficient (Wildman–Crippen LogP) is 5.26. The third-order valence-corrected chi connectivity index (χ3v) is 3.32. The molecule has 0 nitrogen and oxygen atoms in total. The van der Waals surface area contributed by atoms with Crippen LogP contribution >= 0.6 is 11.6 Å². The van der Waals surface area contributed by atoms with Crippen LogP contribution in [0.4, 0.5) is 13.2 Å². The molecule has 1 aliphatic rings. The Labute approximate surface area is 111 Å². The van der Waals surface area contributed by atoms with E-state index < -0.39 is 21.9 Å². The summed E-state index contributed by atoms with van der Waals surface area (Å²) in [6.07, 6.45) is 4.49. The van der Waals surface area contributed by atoms with Gasteiger partial charge in [-0.15, -0.1) is 11.6 Å². The second kappa shape index (κ2) is 4.44. The monoisotopic (exact) mass is 278 g/mol. The van der Waals surface area contributed by atoms with Crippen molar-refractivity contribution >= 4 is 11.6 Å². The molecule has 0 saturated carbocycles. The van der Waals surface area contributed by atoms with Gasteiger partial charge < -0.3 is 0 Å². The van der Waals surface area contributed by atoms with Gasteiger partial charge in [0.15, 0.2) is 0 Å². The van der Waals surface area contributed by atoms with Crippen LogP contribution in [0.15, 0.2) is 36.5 Å². The summed E-state index contributed by atoms with van der Waals surface area (Å²) in [5.41, 5.74) is -2.46. The molecule has 18 heavy (non-hydrogen) atoms. The lowest BCUT2D eigenvalue weighted by Crippen LogP contribution is -2.32. The zero-order valence-corrected chi connectivity index (χ0v) is 11.7. The van der Waals surface area contributed by atoms with Crippen molar-refractivity contribution in [2.45, 2.75) is 38.7 Å². The topological polar surface area (TPSA) is 0 Å². The van der Waals surface area contributed by atoms with E-state index in [-0.39, 0.29) is 0 Å². The first kappa shape index (κ1) is 15.4. The number of hydrogen-bond acceptors (Lipinski definition) is 0. The first-order valence-electron chi connectivity index (χ1n) is 5.74. The Balaban J connectivity index is 3.33. The summed E-state index contributed by atoms with van der Waals surface area (Å²) in [4.78, 5) is -0.907. The van der Waals surface area contributed by atoms with Crippen molar-refractivity contribution in [3.63, 3.8) is 0 Å². The van der Waals surface area contributed by atoms with Crippen LogP contribution in [0.1, 0.15) is 27.7 Å². The Morgan fingerprint density at radius 3 is 1.67 bits per heavy atom. The zero-order valence-electron chi connectivity index (χ0n) is 11.0. The lowest BCUT2D eigenvalue weighted by atomic mass is 9.84. The van der Waals surface area contributed by atoms with Gasteiger partial charge in [0.25, 0.3) is 0 Å². The van der Waals surface area contributed by atoms with Gasteiger partial charge >= 0.3 is 6.18 Å². The molecular weight excluding hydrogens is 261 g/mol. The summed E-state index contributed by atoms with van der Waals surface area (Å²) in [6.45, 7) is 6.50. The molecule has 0 aromatic carbocycles. The Hall–Kier alpha value is -0.700. The lowest BCUT2D eigenvalue weighted by Gasteiger charge is -2.27. The van der Waals surface area contributed by atoms with E-state index in [2.05, 4.69) is 0 Å². The van der Waals surface area contributed by atoms with Crippen LogP contribution in [0.2, 0.25) is 0 Å². The summed E-state index contributed by atoms with van der Waals surface area (Å²) in [5.74, 6) is 0. The van der Waals surface area contributed by atoms with Gasteiger partial charge in [-0.1, -0.05) is 50.3 Å². The third kappa shape index (κ3) is 3.64. The van der Waals surface area contributed by atoms with E-state index in [4.69, 9.17) is 11.6 Å². The van der Waals surface area contributed by atoms with Gasteiger partial charge in [-0.3, -0.25) is 0 Å². The SMILES string of the molecule is CC1(C)/C=C\C(C)(Cl)/C=C\C(C)(C(F)(F)F)/C=C\1. The summed E-state index contributed by atoms with van der Waals surface area (Å²) in [6, 6.07) is 0. The highest BCUT2D eigenvalue weighted by atomic mass is 35.5. The molecule has 0 spiro atoms. The molecule has 102 valence electrons. The molecule has 0 N–H and O–H groups in total. The normalized spacial score (nSPS) is 41.3. The van der Waals surface area contributed by atoms with Gasteiger partial charge in [0.1, 0.15) is 0 Å². The third-order valence-electron chi connectivity index (χ3n) is 3.06. The van der Waals surface area contributed by atoms with Crippen LogP contribution in [-0.4, -0.2) is 11.1 Å². The van der Waals surface area contributed by atoms with E-state index in [0.717, 1.165) is 13.0 Å². The summed E-state index contributed by atoms with van der Waals surface area (Å²) in [5, 5.41) is 0. The van der Waals surface area contributed by atoms with E-state index in [1.807, 2.05) is 19.9 Å². The molecular formula is C14H18ClF3. The van der Waals surface area contributed by atoms with Gasteiger partial charge in [-0.25, -0.2) is 0 Å². The summed E-state index contributed by atoms with van der Waals surface area (Å²) in [7, 11) is 0. The highest BCUT2D eigenvalue weighted by Crippen LogP contribution is 2.43. The molecule has 0 amide bonds. The molecule has 0 saturated heterocycles. The van der Waals surface area contributed by atoms with E-state index in [9.17, 15) is 13.2 Å². The molecule has 4 heteroatoms. The average molecular weight is 279 g/mol. The van der Waals surface area contributed by atoms with Crippen molar-refractivity contribution < 1.29 is 13.2 Å². The molecule has 2 unspecified atom stereocenters. The fraction of sp³-hybridized carbons (Fsp3) is 0.571. The predicted molar refractivity (Wildman–Crippen MR) is 69.6 cm³/mol. The largest absolute Gasteiger partial charge is 0.400 e. The van der Waals surface area contributed by atoms with Crippen molar-refractivity contribution in [2.75, 3.05) is 0 Å².